The fraction of sp³-hybridized carbons (Fsp3) is 0.286. The zero-order valence-corrected chi connectivity index (χ0v) is 19.6. The minimum atomic E-state index is -4.02. The second-order valence-corrected chi connectivity index (χ2v) is 9.51. The first kappa shape index (κ1) is 26.2. The van der Waals surface area contributed by atoms with Gasteiger partial charge in [-0.15, -0.1) is 0 Å². The number of amides is 1. The third kappa shape index (κ3) is 7.79. The van der Waals surface area contributed by atoms with Gasteiger partial charge in [-0.1, -0.05) is 17.7 Å². The number of aliphatic carboxylic acids is 1. The predicted molar refractivity (Wildman–Crippen MR) is 120 cm³/mol. The Bertz CT molecular complexity index is 1140. The number of carbonyl (C=O) groups is 3. The van der Waals surface area contributed by atoms with Gasteiger partial charge in [0.2, 0.25) is 11.7 Å². The summed E-state index contributed by atoms with van der Waals surface area (Å²) in [7, 11) is -4.02. The number of likely N-dealkylation sites (tertiary alicyclic amines) is 1. The Labute approximate surface area is 195 Å². The van der Waals surface area contributed by atoms with E-state index in [0.717, 1.165) is 11.1 Å². The molecule has 33 heavy (non-hydrogen) atoms. The van der Waals surface area contributed by atoms with Crippen molar-refractivity contribution in [2.24, 2.45) is 5.73 Å². The van der Waals surface area contributed by atoms with E-state index in [1.54, 1.807) is 23.6 Å². The molecule has 12 heteroatoms. The normalized spacial score (nSPS) is 16.2. The number of nitrogens with zero attached hydrogens (tertiary/aromatic N) is 1. The Balaban J connectivity index is 0.000000294. The largest absolute Gasteiger partial charge is 0.475 e. The lowest BCUT2D eigenvalue weighted by Crippen LogP contribution is -2.61. The highest BCUT2D eigenvalue weighted by atomic mass is 32.2. The van der Waals surface area contributed by atoms with Crippen LogP contribution in [-0.2, 0) is 35.7 Å². The van der Waals surface area contributed by atoms with E-state index in [1.807, 2.05) is 12.3 Å². The lowest BCUT2D eigenvalue weighted by atomic mass is 10.1. The first-order chi connectivity index (χ1) is 15.4. The molecule has 3 rings (SSSR count). The number of carbonyl (C=O) groups excluding carboxylic acids is 2. The molecular formula is C21H24N2O8S2. The van der Waals surface area contributed by atoms with Crippen LogP contribution < -0.4 is 5.73 Å². The van der Waals surface area contributed by atoms with Crippen LogP contribution in [-0.4, -0.2) is 60.0 Å². The van der Waals surface area contributed by atoms with Gasteiger partial charge in [0.25, 0.3) is 10.1 Å². The molecule has 1 aromatic carbocycles. The van der Waals surface area contributed by atoms with Gasteiger partial charge in [0.1, 0.15) is 6.04 Å². The maximum Gasteiger partial charge on any atom is 0.371 e. The van der Waals surface area contributed by atoms with Crippen LogP contribution in [0.1, 0.15) is 18.1 Å². The molecule has 1 aliphatic heterocycles. The molecule has 0 saturated carbocycles. The van der Waals surface area contributed by atoms with Crippen molar-refractivity contribution in [1.29, 1.82) is 0 Å². The van der Waals surface area contributed by atoms with Crippen LogP contribution in [0.5, 0.6) is 0 Å². The Morgan fingerprint density at radius 2 is 1.88 bits per heavy atom. The van der Waals surface area contributed by atoms with E-state index in [2.05, 4.69) is 0 Å². The molecule has 2 aromatic rings. The number of hydrogen-bond acceptors (Lipinski definition) is 8. The number of esters is 1. The molecule has 0 aliphatic carbocycles. The first-order valence-corrected chi connectivity index (χ1v) is 12.0. The number of ether oxygens (including phenoxy) is 1. The van der Waals surface area contributed by atoms with Gasteiger partial charge in [-0.05, 0) is 53.9 Å². The van der Waals surface area contributed by atoms with E-state index in [0.29, 0.717) is 12.1 Å². The third-order valence-corrected chi connectivity index (χ3v) is 6.12. The van der Waals surface area contributed by atoms with E-state index < -0.39 is 33.9 Å². The summed E-state index contributed by atoms with van der Waals surface area (Å²) in [6.07, 6.45) is 0.00107. The van der Waals surface area contributed by atoms with Gasteiger partial charge in [-0.25, -0.2) is 4.79 Å². The van der Waals surface area contributed by atoms with Crippen LogP contribution in [0.3, 0.4) is 0 Å². The van der Waals surface area contributed by atoms with Crippen LogP contribution in [0.15, 0.2) is 57.3 Å². The fourth-order valence-corrected chi connectivity index (χ4v) is 3.91. The van der Waals surface area contributed by atoms with Crippen molar-refractivity contribution in [3.63, 3.8) is 0 Å². The maximum atomic E-state index is 11.8. The summed E-state index contributed by atoms with van der Waals surface area (Å²) >= 11 is 1.44. The highest BCUT2D eigenvalue weighted by Gasteiger charge is 2.34. The number of rotatable bonds is 7. The van der Waals surface area contributed by atoms with Crippen LogP contribution in [0.4, 0.5) is 0 Å². The minimum absolute atomic E-state index is 0.00107. The fourth-order valence-electron chi connectivity index (χ4n) is 2.76. The number of carboxylic acid groups (broad SMARTS) is 1. The van der Waals surface area contributed by atoms with Gasteiger partial charge in [0.05, 0.1) is 11.3 Å². The Kier molecular flexibility index (Phi) is 8.88. The highest BCUT2D eigenvalue weighted by molar-refractivity contribution is 7.85. The zero-order chi connectivity index (χ0) is 24.8. The summed E-state index contributed by atoms with van der Waals surface area (Å²) in [5.41, 5.74) is 7.49. The number of β-lactam (4-membered cyclic amide) rings is 1. The molecule has 0 bridgehead atoms. The molecule has 10 nitrogen and oxygen atoms in total. The standard InChI is InChI=1S/C14H16N2O5S.C7H8O3S/c1-8(5-16-6-10(15)13(16)18)12(14(19)20)21-11(17)4-9-2-3-22-7-9;1-6-2-4-7(5-3-6)11(8,9)10/h2-3,7,10H,4-6,15H2,1H3,(H,19,20);2-5H,1H3,(H,8,9,10)/t10-;/m0./s1. The Hall–Kier alpha value is -3.06. The topological polar surface area (TPSA) is 164 Å². The van der Waals surface area contributed by atoms with E-state index in [-0.39, 0.29) is 23.8 Å². The van der Waals surface area contributed by atoms with Gasteiger partial charge in [0, 0.05) is 13.1 Å². The quantitative estimate of drug-likeness (QED) is 0.170. The number of nitrogens with two attached hydrogens (primary N) is 1. The molecule has 0 spiro atoms. The maximum absolute atomic E-state index is 11.8. The van der Waals surface area contributed by atoms with E-state index in [9.17, 15) is 27.9 Å². The molecule has 0 radical (unpaired) electrons. The van der Waals surface area contributed by atoms with Crippen molar-refractivity contribution >= 4 is 39.3 Å². The van der Waals surface area contributed by atoms with E-state index in [4.69, 9.17) is 15.0 Å². The second-order valence-electron chi connectivity index (χ2n) is 7.31. The SMILES string of the molecule is CC(CN1C[C@H](N)C1=O)=C(OC(=O)Cc1ccsc1)C(=O)O.Cc1ccc(S(=O)(=O)O)cc1. The average molecular weight is 497 g/mol. The molecule has 0 unspecified atom stereocenters. The van der Waals surface area contributed by atoms with Crippen LogP contribution in [0.2, 0.25) is 0 Å². The minimum Gasteiger partial charge on any atom is -0.475 e. The molecule has 1 saturated heterocycles. The van der Waals surface area contributed by atoms with Crippen molar-refractivity contribution in [3.05, 3.63) is 63.6 Å². The van der Waals surface area contributed by atoms with Crippen LogP contribution in [0.25, 0.3) is 0 Å². The first-order valence-electron chi connectivity index (χ1n) is 9.61. The molecule has 178 valence electrons. The van der Waals surface area contributed by atoms with E-state index in [1.165, 1.54) is 35.3 Å². The van der Waals surface area contributed by atoms with E-state index >= 15 is 0 Å². The average Bonchev–Trinajstić information content (AvgIpc) is 3.24. The van der Waals surface area contributed by atoms with Crippen LogP contribution in [0, 0.1) is 6.92 Å². The molecule has 2 heterocycles. The summed E-state index contributed by atoms with van der Waals surface area (Å²) < 4.78 is 34.5. The van der Waals surface area contributed by atoms with Gasteiger partial charge >= 0.3 is 11.9 Å². The molecular weight excluding hydrogens is 472 g/mol. The van der Waals surface area contributed by atoms with Crippen molar-refractivity contribution in [2.45, 2.75) is 31.2 Å². The predicted octanol–water partition coefficient (Wildman–Crippen LogP) is 1.60. The number of benzene rings is 1. The highest BCUT2D eigenvalue weighted by Crippen LogP contribution is 2.16. The lowest BCUT2D eigenvalue weighted by Gasteiger charge is -2.36. The van der Waals surface area contributed by atoms with Crippen molar-refractivity contribution in [2.75, 3.05) is 13.1 Å². The Morgan fingerprint density at radius 1 is 1.24 bits per heavy atom. The summed E-state index contributed by atoms with van der Waals surface area (Å²) in [6, 6.07) is 7.23. The molecule has 4 N–H and O–H groups in total. The number of carboxylic acids is 1. The van der Waals surface area contributed by atoms with Crippen LogP contribution >= 0.6 is 11.3 Å². The van der Waals surface area contributed by atoms with Crippen molar-refractivity contribution in [1.82, 2.24) is 4.90 Å². The number of aryl methyl sites for hydroxylation is 1. The van der Waals surface area contributed by atoms with Gasteiger partial charge in [-0.2, -0.15) is 19.8 Å². The van der Waals surface area contributed by atoms with Gasteiger partial charge in [-0.3, -0.25) is 14.1 Å². The molecule has 1 amide bonds. The Morgan fingerprint density at radius 3 is 2.33 bits per heavy atom. The van der Waals surface area contributed by atoms with Gasteiger partial charge < -0.3 is 20.5 Å². The molecule has 1 fully saturated rings. The lowest BCUT2D eigenvalue weighted by molar-refractivity contribution is -0.148. The zero-order valence-electron chi connectivity index (χ0n) is 17.9. The molecule has 1 aliphatic rings. The summed E-state index contributed by atoms with van der Waals surface area (Å²) in [5, 5.41) is 12.8. The van der Waals surface area contributed by atoms with Gasteiger partial charge in [0.15, 0.2) is 0 Å². The monoisotopic (exact) mass is 496 g/mol. The van der Waals surface area contributed by atoms with Crippen molar-refractivity contribution in [3.8, 4) is 0 Å². The summed E-state index contributed by atoms with van der Waals surface area (Å²) in [6.45, 7) is 3.80. The molecule has 1 aromatic heterocycles. The third-order valence-electron chi connectivity index (χ3n) is 4.52. The summed E-state index contributed by atoms with van der Waals surface area (Å²) in [5.74, 6) is -2.67. The smallest absolute Gasteiger partial charge is 0.371 e. The number of thiophene rings is 1. The summed E-state index contributed by atoms with van der Waals surface area (Å²) in [4.78, 5) is 35.8. The molecule has 1 atom stereocenters. The van der Waals surface area contributed by atoms with Crippen molar-refractivity contribution < 1.29 is 37.2 Å². The second kappa shape index (κ2) is 11.2. The number of hydrogen-bond donors (Lipinski definition) is 3.